The van der Waals surface area contributed by atoms with Crippen LogP contribution in [0.1, 0.15) is 22.0 Å². The minimum Gasteiger partial charge on any atom is -0.494 e. The number of aliphatic hydroxyl groups is 1. The molecule has 0 aliphatic carbocycles. The number of nitrogens with zero attached hydrogens (tertiary/aromatic N) is 1. The standard InChI is InChI=1S/C21H24FNO6/c1-26-16-7-5-13(10-18(16)28-3)20-19(12-24)29-9-8-23(20)21(25)14-4-6-15(22)17(11-14)27-2/h4-7,10-11,19-20,24H,8-9,12H2,1-3H3/t19-,20-/m1/s1. The van der Waals surface area contributed by atoms with Crippen LogP contribution in [0.3, 0.4) is 0 Å². The second-order valence-electron chi connectivity index (χ2n) is 6.50. The average Bonchev–Trinajstić information content (AvgIpc) is 2.77. The second-order valence-corrected chi connectivity index (χ2v) is 6.50. The maximum absolute atomic E-state index is 13.8. The third-order valence-electron chi connectivity index (χ3n) is 4.94. The number of hydrogen-bond donors (Lipinski definition) is 1. The van der Waals surface area contributed by atoms with Crippen molar-refractivity contribution in [2.75, 3.05) is 41.1 Å². The molecule has 0 bridgehead atoms. The van der Waals surface area contributed by atoms with Gasteiger partial charge in [0.2, 0.25) is 0 Å². The largest absolute Gasteiger partial charge is 0.494 e. The summed E-state index contributed by atoms with van der Waals surface area (Å²) in [4.78, 5) is 14.9. The molecule has 1 amide bonds. The van der Waals surface area contributed by atoms with Crippen LogP contribution in [-0.2, 0) is 4.74 Å². The van der Waals surface area contributed by atoms with E-state index in [2.05, 4.69) is 0 Å². The molecule has 3 rings (SSSR count). The van der Waals surface area contributed by atoms with Gasteiger partial charge in [0.25, 0.3) is 5.91 Å². The number of aliphatic hydroxyl groups excluding tert-OH is 1. The van der Waals surface area contributed by atoms with E-state index >= 15 is 0 Å². The summed E-state index contributed by atoms with van der Waals surface area (Å²) in [6, 6.07) is 8.71. The van der Waals surface area contributed by atoms with Crippen molar-refractivity contribution >= 4 is 5.91 Å². The van der Waals surface area contributed by atoms with Gasteiger partial charge in [-0.3, -0.25) is 4.79 Å². The van der Waals surface area contributed by atoms with Crippen LogP contribution >= 0.6 is 0 Å². The molecule has 0 radical (unpaired) electrons. The number of halogens is 1. The monoisotopic (exact) mass is 405 g/mol. The highest BCUT2D eigenvalue weighted by Gasteiger charge is 2.37. The molecule has 7 nitrogen and oxygen atoms in total. The molecule has 0 aromatic heterocycles. The minimum absolute atomic E-state index is 0.00881. The third kappa shape index (κ3) is 4.13. The van der Waals surface area contributed by atoms with Crippen molar-refractivity contribution in [1.82, 2.24) is 4.90 Å². The van der Waals surface area contributed by atoms with Crippen LogP contribution < -0.4 is 14.2 Å². The molecule has 29 heavy (non-hydrogen) atoms. The van der Waals surface area contributed by atoms with E-state index in [0.29, 0.717) is 18.0 Å². The van der Waals surface area contributed by atoms with Crippen molar-refractivity contribution in [3.8, 4) is 17.2 Å². The molecular weight excluding hydrogens is 381 g/mol. The van der Waals surface area contributed by atoms with Gasteiger partial charge in [-0.1, -0.05) is 6.07 Å². The molecule has 0 saturated carbocycles. The average molecular weight is 405 g/mol. The van der Waals surface area contributed by atoms with Crippen LogP contribution in [0.25, 0.3) is 0 Å². The predicted molar refractivity (Wildman–Crippen MR) is 103 cm³/mol. The number of carbonyl (C=O) groups is 1. The summed E-state index contributed by atoms with van der Waals surface area (Å²) in [6.07, 6.45) is -0.617. The summed E-state index contributed by atoms with van der Waals surface area (Å²) in [5, 5.41) is 9.85. The number of hydrogen-bond acceptors (Lipinski definition) is 6. The predicted octanol–water partition coefficient (Wildman–Crippen LogP) is 2.43. The Hall–Kier alpha value is -2.84. The van der Waals surface area contributed by atoms with Crippen molar-refractivity contribution in [2.45, 2.75) is 12.1 Å². The van der Waals surface area contributed by atoms with Crippen molar-refractivity contribution in [3.63, 3.8) is 0 Å². The Balaban J connectivity index is 2.01. The summed E-state index contributed by atoms with van der Waals surface area (Å²) in [5.41, 5.74) is 1.01. The number of rotatable bonds is 6. The smallest absolute Gasteiger partial charge is 0.254 e. The molecule has 2 aromatic carbocycles. The van der Waals surface area contributed by atoms with E-state index < -0.39 is 18.0 Å². The number of carbonyl (C=O) groups excluding carboxylic acids is 1. The Labute approximate surface area is 168 Å². The van der Waals surface area contributed by atoms with Crippen molar-refractivity contribution < 1.29 is 33.2 Å². The Morgan fingerprint density at radius 2 is 1.83 bits per heavy atom. The van der Waals surface area contributed by atoms with Crippen molar-refractivity contribution in [2.24, 2.45) is 0 Å². The van der Waals surface area contributed by atoms with Gasteiger partial charge in [0, 0.05) is 12.1 Å². The highest BCUT2D eigenvalue weighted by Crippen LogP contribution is 2.36. The van der Waals surface area contributed by atoms with Gasteiger partial charge in [0.15, 0.2) is 23.1 Å². The normalized spacial score (nSPS) is 19.0. The number of amides is 1. The van der Waals surface area contributed by atoms with E-state index in [1.165, 1.54) is 39.5 Å². The van der Waals surface area contributed by atoms with Gasteiger partial charge < -0.3 is 29.0 Å². The number of benzene rings is 2. The molecular formula is C21H24FNO6. The lowest BCUT2D eigenvalue weighted by molar-refractivity contribution is -0.0811. The topological polar surface area (TPSA) is 77.5 Å². The zero-order valence-corrected chi connectivity index (χ0v) is 16.6. The summed E-state index contributed by atoms with van der Waals surface area (Å²) < 4.78 is 35.1. The van der Waals surface area contributed by atoms with Gasteiger partial charge >= 0.3 is 0 Å². The van der Waals surface area contributed by atoms with Gasteiger partial charge in [0.1, 0.15) is 6.10 Å². The lowest BCUT2D eigenvalue weighted by Crippen LogP contribution is -2.49. The summed E-state index contributed by atoms with van der Waals surface area (Å²) in [6.45, 7) is 0.322. The van der Waals surface area contributed by atoms with E-state index in [4.69, 9.17) is 18.9 Å². The van der Waals surface area contributed by atoms with E-state index in [0.717, 1.165) is 5.56 Å². The Morgan fingerprint density at radius 3 is 2.48 bits per heavy atom. The molecule has 0 unspecified atom stereocenters. The van der Waals surface area contributed by atoms with Gasteiger partial charge in [-0.05, 0) is 35.9 Å². The first kappa shape index (κ1) is 20.9. The van der Waals surface area contributed by atoms with Crippen LogP contribution in [0.2, 0.25) is 0 Å². The highest BCUT2D eigenvalue weighted by atomic mass is 19.1. The van der Waals surface area contributed by atoms with Crippen LogP contribution in [0.15, 0.2) is 36.4 Å². The van der Waals surface area contributed by atoms with Crippen LogP contribution in [-0.4, -0.2) is 63.1 Å². The maximum Gasteiger partial charge on any atom is 0.254 e. The van der Waals surface area contributed by atoms with Crippen LogP contribution in [0.5, 0.6) is 17.2 Å². The molecule has 0 spiro atoms. The fraction of sp³-hybridized carbons (Fsp3) is 0.381. The van der Waals surface area contributed by atoms with E-state index in [9.17, 15) is 14.3 Å². The summed E-state index contributed by atoms with van der Waals surface area (Å²) in [7, 11) is 4.40. The fourth-order valence-corrected chi connectivity index (χ4v) is 3.50. The lowest BCUT2D eigenvalue weighted by Gasteiger charge is -2.41. The Morgan fingerprint density at radius 1 is 1.10 bits per heavy atom. The molecule has 1 aliphatic heterocycles. The quantitative estimate of drug-likeness (QED) is 0.796. The second kappa shape index (κ2) is 9.11. The Bertz CT molecular complexity index is 874. The molecule has 1 saturated heterocycles. The molecule has 1 aliphatic rings. The van der Waals surface area contributed by atoms with Crippen molar-refractivity contribution in [3.05, 3.63) is 53.3 Å². The third-order valence-corrected chi connectivity index (χ3v) is 4.94. The van der Waals surface area contributed by atoms with E-state index in [1.54, 1.807) is 23.1 Å². The molecule has 156 valence electrons. The number of ether oxygens (including phenoxy) is 4. The zero-order chi connectivity index (χ0) is 21.0. The molecule has 2 aromatic rings. The first-order valence-corrected chi connectivity index (χ1v) is 9.13. The van der Waals surface area contributed by atoms with Gasteiger partial charge in [-0.2, -0.15) is 0 Å². The molecule has 2 atom stereocenters. The highest BCUT2D eigenvalue weighted by molar-refractivity contribution is 5.95. The van der Waals surface area contributed by atoms with Gasteiger partial charge in [-0.15, -0.1) is 0 Å². The maximum atomic E-state index is 13.8. The van der Waals surface area contributed by atoms with Crippen LogP contribution in [0.4, 0.5) is 4.39 Å². The zero-order valence-electron chi connectivity index (χ0n) is 16.6. The molecule has 1 fully saturated rings. The Kier molecular flexibility index (Phi) is 6.56. The first-order valence-electron chi connectivity index (χ1n) is 9.13. The van der Waals surface area contributed by atoms with E-state index in [-0.39, 0.29) is 30.4 Å². The van der Waals surface area contributed by atoms with Gasteiger partial charge in [-0.25, -0.2) is 4.39 Å². The molecule has 1 heterocycles. The lowest BCUT2D eigenvalue weighted by atomic mass is 9.96. The van der Waals surface area contributed by atoms with Crippen molar-refractivity contribution in [1.29, 1.82) is 0 Å². The minimum atomic E-state index is -0.617. The fourth-order valence-electron chi connectivity index (χ4n) is 3.50. The van der Waals surface area contributed by atoms with E-state index in [1.807, 2.05) is 0 Å². The van der Waals surface area contributed by atoms with Crippen LogP contribution in [0, 0.1) is 5.82 Å². The number of methoxy groups -OCH3 is 3. The molecule has 8 heteroatoms. The summed E-state index contributed by atoms with van der Waals surface area (Å²) >= 11 is 0. The van der Waals surface area contributed by atoms with Gasteiger partial charge in [0.05, 0.1) is 40.6 Å². The first-order chi connectivity index (χ1) is 14.0. The number of morpholine rings is 1. The summed E-state index contributed by atoms with van der Waals surface area (Å²) in [5.74, 6) is 0.184. The SMILES string of the molecule is COc1cc(C(=O)N2CCO[C@H](CO)[C@H]2c2ccc(OC)c(OC)c2)ccc1F. The molecule has 1 N–H and O–H groups in total.